The Hall–Kier alpha value is -2.51. The van der Waals surface area contributed by atoms with E-state index in [-0.39, 0.29) is 5.56 Å². The first-order chi connectivity index (χ1) is 11.8. The van der Waals surface area contributed by atoms with Gasteiger partial charge in [-0.15, -0.1) is 0 Å². The van der Waals surface area contributed by atoms with Crippen molar-refractivity contribution in [2.45, 2.75) is 31.0 Å². The summed E-state index contributed by atoms with van der Waals surface area (Å²) in [4.78, 5) is 15.5. The molecule has 1 aliphatic rings. The van der Waals surface area contributed by atoms with E-state index in [9.17, 15) is 26.7 Å². The quantitative estimate of drug-likeness (QED) is 0.843. The Morgan fingerprint density at radius 2 is 1.92 bits per heavy atom. The number of hydrogen-bond acceptors (Lipinski definition) is 2. The van der Waals surface area contributed by atoms with Crippen LogP contribution in [0.1, 0.15) is 40.4 Å². The second kappa shape index (κ2) is 6.42. The van der Waals surface area contributed by atoms with E-state index in [4.69, 9.17) is 0 Å². The van der Waals surface area contributed by atoms with Crippen molar-refractivity contribution in [3.05, 3.63) is 65.0 Å². The molecule has 0 saturated heterocycles. The Kier molecular flexibility index (Phi) is 4.45. The van der Waals surface area contributed by atoms with Gasteiger partial charge in [-0.25, -0.2) is 8.78 Å². The highest BCUT2D eigenvalue weighted by atomic mass is 19.4. The molecule has 0 spiro atoms. The molecule has 1 heterocycles. The molecule has 1 amide bonds. The number of nitrogens with zero attached hydrogens (tertiary/aromatic N) is 1. The minimum Gasteiger partial charge on any atom is -0.349 e. The van der Waals surface area contributed by atoms with Crippen LogP contribution in [0.25, 0.3) is 0 Å². The number of hydrogen-bond donors (Lipinski definition) is 1. The zero-order chi connectivity index (χ0) is 18.2. The number of pyridine rings is 1. The smallest absolute Gasteiger partial charge is 0.349 e. The lowest BCUT2D eigenvalue weighted by Gasteiger charge is -2.37. The van der Waals surface area contributed by atoms with Crippen LogP contribution in [0.15, 0.2) is 36.5 Å². The predicted octanol–water partition coefficient (Wildman–Crippen LogP) is 4.05. The van der Waals surface area contributed by atoms with Crippen LogP contribution in [0.3, 0.4) is 0 Å². The molecule has 0 aliphatic heterocycles. The highest BCUT2D eigenvalue weighted by molar-refractivity contribution is 5.95. The standard InChI is InChI=1S/C17H13F5N2O/c18-9-3-4-10(13(19)8-9)11-5-6-14(11)24-16(25)12-2-1-7-23-15(12)17(20,21)22/h1-4,7-8,11,14H,5-6H2,(H,24,25). The molecule has 1 fully saturated rings. The van der Waals surface area contributed by atoms with E-state index in [2.05, 4.69) is 10.3 Å². The topological polar surface area (TPSA) is 42.0 Å². The van der Waals surface area contributed by atoms with Crippen LogP contribution >= 0.6 is 0 Å². The van der Waals surface area contributed by atoms with E-state index >= 15 is 0 Å². The molecule has 1 N–H and O–H groups in total. The van der Waals surface area contributed by atoms with E-state index in [0.717, 1.165) is 24.4 Å². The molecule has 3 rings (SSSR count). The number of rotatable bonds is 3. The molecule has 132 valence electrons. The van der Waals surface area contributed by atoms with Gasteiger partial charge < -0.3 is 5.32 Å². The predicted molar refractivity (Wildman–Crippen MR) is 78.8 cm³/mol. The maximum Gasteiger partial charge on any atom is 0.434 e. The molecule has 3 nitrogen and oxygen atoms in total. The average Bonchev–Trinajstić information content (AvgIpc) is 2.53. The number of carbonyl (C=O) groups is 1. The van der Waals surface area contributed by atoms with Crippen LogP contribution in [-0.4, -0.2) is 16.9 Å². The van der Waals surface area contributed by atoms with Gasteiger partial charge in [0.2, 0.25) is 0 Å². The molecule has 25 heavy (non-hydrogen) atoms. The van der Waals surface area contributed by atoms with E-state index < -0.39 is 46.9 Å². The minimum absolute atomic E-state index is 0.236. The van der Waals surface area contributed by atoms with Crippen molar-refractivity contribution in [3.8, 4) is 0 Å². The fraction of sp³-hybridized carbons (Fsp3) is 0.294. The number of halogens is 5. The lowest BCUT2D eigenvalue weighted by atomic mass is 9.74. The fourth-order valence-electron chi connectivity index (χ4n) is 2.91. The molecule has 1 aliphatic carbocycles. The normalized spacial score (nSPS) is 20.0. The van der Waals surface area contributed by atoms with Gasteiger partial charge in [0.15, 0.2) is 5.69 Å². The van der Waals surface area contributed by atoms with Crippen molar-refractivity contribution in [1.29, 1.82) is 0 Å². The van der Waals surface area contributed by atoms with Gasteiger partial charge in [0.1, 0.15) is 11.6 Å². The molecule has 8 heteroatoms. The number of carbonyl (C=O) groups excluding carboxylic acids is 1. The number of aromatic nitrogens is 1. The van der Waals surface area contributed by atoms with Crippen LogP contribution < -0.4 is 5.32 Å². The lowest BCUT2D eigenvalue weighted by Crippen LogP contribution is -2.46. The molecule has 2 aromatic rings. The highest BCUT2D eigenvalue weighted by Gasteiger charge is 2.39. The van der Waals surface area contributed by atoms with Crippen molar-refractivity contribution >= 4 is 5.91 Å². The molecule has 2 unspecified atom stereocenters. The Morgan fingerprint density at radius 3 is 2.52 bits per heavy atom. The van der Waals surface area contributed by atoms with Crippen LogP contribution in [0.5, 0.6) is 0 Å². The Balaban J connectivity index is 1.78. The Bertz CT molecular complexity index is 806. The molecule has 1 aromatic carbocycles. The monoisotopic (exact) mass is 356 g/mol. The maximum absolute atomic E-state index is 13.9. The van der Waals surface area contributed by atoms with E-state index in [1.165, 1.54) is 12.1 Å². The van der Waals surface area contributed by atoms with Crippen molar-refractivity contribution in [2.75, 3.05) is 0 Å². The van der Waals surface area contributed by atoms with Gasteiger partial charge in [-0.05, 0) is 36.6 Å². The summed E-state index contributed by atoms with van der Waals surface area (Å²) in [5.74, 6) is -2.78. The number of benzene rings is 1. The summed E-state index contributed by atoms with van der Waals surface area (Å²) in [6.07, 6.45) is -2.75. The third kappa shape index (κ3) is 3.47. The number of amides is 1. The van der Waals surface area contributed by atoms with Gasteiger partial charge >= 0.3 is 6.18 Å². The van der Waals surface area contributed by atoms with Crippen molar-refractivity contribution < 1.29 is 26.7 Å². The molecular weight excluding hydrogens is 343 g/mol. The maximum atomic E-state index is 13.9. The third-order valence-corrected chi connectivity index (χ3v) is 4.27. The summed E-state index contributed by atoms with van der Waals surface area (Å²) in [6.45, 7) is 0. The lowest BCUT2D eigenvalue weighted by molar-refractivity contribution is -0.141. The average molecular weight is 356 g/mol. The number of nitrogens with one attached hydrogen (secondary N) is 1. The van der Waals surface area contributed by atoms with Crippen molar-refractivity contribution in [3.63, 3.8) is 0 Å². The molecular formula is C17H13F5N2O. The highest BCUT2D eigenvalue weighted by Crippen LogP contribution is 2.39. The first-order valence-electron chi connectivity index (χ1n) is 7.55. The number of alkyl halides is 3. The zero-order valence-electron chi connectivity index (χ0n) is 12.8. The minimum atomic E-state index is -4.75. The summed E-state index contributed by atoms with van der Waals surface area (Å²) in [6, 6.07) is 4.90. The second-order valence-electron chi connectivity index (χ2n) is 5.83. The Labute approximate surface area is 139 Å². The van der Waals surface area contributed by atoms with Crippen LogP contribution in [0.2, 0.25) is 0 Å². The first-order valence-corrected chi connectivity index (χ1v) is 7.55. The van der Waals surface area contributed by atoms with Gasteiger partial charge in [-0.2, -0.15) is 13.2 Å². The fourth-order valence-corrected chi connectivity index (χ4v) is 2.91. The summed E-state index contributed by atoms with van der Waals surface area (Å²) >= 11 is 0. The molecule has 1 aromatic heterocycles. The van der Waals surface area contributed by atoms with Crippen molar-refractivity contribution in [1.82, 2.24) is 10.3 Å². The molecule has 0 radical (unpaired) electrons. The molecule has 2 atom stereocenters. The summed E-state index contributed by atoms with van der Waals surface area (Å²) in [5, 5.41) is 2.50. The largest absolute Gasteiger partial charge is 0.434 e. The Morgan fingerprint density at radius 1 is 1.16 bits per heavy atom. The van der Waals surface area contributed by atoms with Gasteiger partial charge in [0, 0.05) is 24.2 Å². The molecule has 1 saturated carbocycles. The van der Waals surface area contributed by atoms with Crippen LogP contribution in [0, 0.1) is 11.6 Å². The van der Waals surface area contributed by atoms with Gasteiger partial charge in [-0.3, -0.25) is 9.78 Å². The van der Waals surface area contributed by atoms with Gasteiger partial charge in [-0.1, -0.05) is 6.07 Å². The summed E-state index contributed by atoms with van der Waals surface area (Å²) in [7, 11) is 0. The summed E-state index contributed by atoms with van der Waals surface area (Å²) in [5.41, 5.74) is -1.61. The summed E-state index contributed by atoms with van der Waals surface area (Å²) < 4.78 is 65.7. The van der Waals surface area contributed by atoms with Gasteiger partial charge in [0.05, 0.1) is 5.56 Å². The van der Waals surface area contributed by atoms with Crippen molar-refractivity contribution in [2.24, 2.45) is 0 Å². The third-order valence-electron chi connectivity index (χ3n) is 4.27. The second-order valence-corrected chi connectivity index (χ2v) is 5.83. The first kappa shape index (κ1) is 17.3. The molecule has 0 bridgehead atoms. The van der Waals surface area contributed by atoms with E-state index in [1.807, 2.05) is 0 Å². The zero-order valence-corrected chi connectivity index (χ0v) is 12.8. The van der Waals surface area contributed by atoms with E-state index in [1.54, 1.807) is 0 Å². The van der Waals surface area contributed by atoms with Crippen LogP contribution in [-0.2, 0) is 6.18 Å². The SMILES string of the molecule is O=C(NC1CCC1c1ccc(F)cc1F)c1cccnc1C(F)(F)F. The van der Waals surface area contributed by atoms with Crippen LogP contribution in [0.4, 0.5) is 22.0 Å². The van der Waals surface area contributed by atoms with Gasteiger partial charge in [0.25, 0.3) is 5.91 Å². The van der Waals surface area contributed by atoms with E-state index in [0.29, 0.717) is 12.8 Å².